The monoisotopic (exact) mass is 186 g/mol. The Morgan fingerprint density at radius 3 is 2.57 bits per heavy atom. The molecule has 1 aliphatic rings. The highest BCUT2D eigenvalue weighted by molar-refractivity contribution is 5.45. The lowest BCUT2D eigenvalue weighted by Gasteiger charge is -2.05. The van der Waals surface area contributed by atoms with Crippen LogP contribution in [0.15, 0.2) is 24.3 Å². The third-order valence-corrected chi connectivity index (χ3v) is 2.53. The Morgan fingerprint density at radius 1 is 1.29 bits per heavy atom. The first-order valence-corrected chi connectivity index (χ1v) is 5.08. The SMILES string of the molecule is N#CCc1ccc(NCC2CC2)cc1. The maximum absolute atomic E-state index is 8.51. The van der Waals surface area contributed by atoms with E-state index < -0.39 is 0 Å². The van der Waals surface area contributed by atoms with E-state index in [4.69, 9.17) is 5.26 Å². The first-order chi connectivity index (χ1) is 6.88. The van der Waals surface area contributed by atoms with Crippen molar-refractivity contribution in [1.82, 2.24) is 0 Å². The van der Waals surface area contributed by atoms with Crippen molar-refractivity contribution in [3.63, 3.8) is 0 Å². The van der Waals surface area contributed by atoms with Crippen LogP contribution in [-0.4, -0.2) is 6.54 Å². The second kappa shape index (κ2) is 4.15. The number of nitrogens with one attached hydrogen (secondary N) is 1. The summed E-state index contributed by atoms with van der Waals surface area (Å²) in [4.78, 5) is 0. The average Bonchev–Trinajstić information content (AvgIpc) is 3.01. The van der Waals surface area contributed by atoms with Crippen molar-refractivity contribution >= 4 is 5.69 Å². The third-order valence-electron chi connectivity index (χ3n) is 2.53. The summed E-state index contributed by atoms with van der Waals surface area (Å²) in [5.41, 5.74) is 2.25. The molecule has 0 heterocycles. The van der Waals surface area contributed by atoms with Gasteiger partial charge in [-0.1, -0.05) is 12.1 Å². The zero-order valence-electron chi connectivity index (χ0n) is 8.16. The largest absolute Gasteiger partial charge is 0.385 e. The first-order valence-electron chi connectivity index (χ1n) is 5.08. The lowest BCUT2D eigenvalue weighted by Crippen LogP contribution is -2.02. The van der Waals surface area contributed by atoms with Crippen LogP contribution in [0.25, 0.3) is 0 Å². The van der Waals surface area contributed by atoms with Crippen molar-refractivity contribution in [2.75, 3.05) is 11.9 Å². The second-order valence-electron chi connectivity index (χ2n) is 3.86. The van der Waals surface area contributed by atoms with Gasteiger partial charge in [0.1, 0.15) is 0 Å². The topological polar surface area (TPSA) is 35.8 Å². The highest BCUT2D eigenvalue weighted by Gasteiger charge is 2.20. The van der Waals surface area contributed by atoms with Crippen LogP contribution in [0, 0.1) is 17.2 Å². The zero-order valence-corrected chi connectivity index (χ0v) is 8.16. The molecule has 1 aromatic rings. The zero-order chi connectivity index (χ0) is 9.80. The number of rotatable bonds is 4. The molecule has 0 unspecified atom stereocenters. The fourth-order valence-corrected chi connectivity index (χ4v) is 1.42. The van der Waals surface area contributed by atoms with Crippen molar-refractivity contribution in [3.8, 4) is 6.07 Å². The Hall–Kier alpha value is -1.49. The van der Waals surface area contributed by atoms with Gasteiger partial charge in [-0.25, -0.2) is 0 Å². The smallest absolute Gasteiger partial charge is 0.0669 e. The molecule has 2 nitrogen and oxygen atoms in total. The van der Waals surface area contributed by atoms with Gasteiger partial charge in [0, 0.05) is 12.2 Å². The number of anilines is 1. The minimum absolute atomic E-state index is 0.503. The number of hydrogen-bond acceptors (Lipinski definition) is 2. The number of nitrogens with zero attached hydrogens (tertiary/aromatic N) is 1. The molecular formula is C12H14N2. The van der Waals surface area contributed by atoms with Gasteiger partial charge >= 0.3 is 0 Å². The van der Waals surface area contributed by atoms with E-state index >= 15 is 0 Å². The van der Waals surface area contributed by atoms with Crippen molar-refractivity contribution < 1.29 is 0 Å². The predicted molar refractivity (Wildman–Crippen MR) is 57.0 cm³/mol. The molecule has 1 fully saturated rings. The minimum atomic E-state index is 0.503. The summed E-state index contributed by atoms with van der Waals surface area (Å²) in [5.74, 6) is 0.897. The van der Waals surface area contributed by atoms with Gasteiger partial charge in [0.15, 0.2) is 0 Å². The van der Waals surface area contributed by atoms with Gasteiger partial charge in [0.05, 0.1) is 12.5 Å². The molecule has 72 valence electrons. The normalized spacial score (nSPS) is 14.8. The standard InChI is InChI=1S/C12H14N2/c13-8-7-10-3-5-12(6-4-10)14-9-11-1-2-11/h3-6,11,14H,1-2,7,9H2. The van der Waals surface area contributed by atoms with E-state index in [0.29, 0.717) is 6.42 Å². The van der Waals surface area contributed by atoms with Crippen molar-refractivity contribution in [2.24, 2.45) is 5.92 Å². The maximum Gasteiger partial charge on any atom is 0.0669 e. The first kappa shape index (κ1) is 9.08. The van der Waals surface area contributed by atoms with E-state index in [9.17, 15) is 0 Å². The van der Waals surface area contributed by atoms with Gasteiger partial charge in [-0.3, -0.25) is 0 Å². The molecular weight excluding hydrogens is 172 g/mol. The Kier molecular flexibility index (Phi) is 2.69. The molecule has 1 N–H and O–H groups in total. The summed E-state index contributed by atoms with van der Waals surface area (Å²) >= 11 is 0. The van der Waals surface area contributed by atoms with E-state index in [1.807, 2.05) is 12.1 Å². The number of nitriles is 1. The van der Waals surface area contributed by atoms with E-state index in [0.717, 1.165) is 18.0 Å². The van der Waals surface area contributed by atoms with Crippen LogP contribution in [0.1, 0.15) is 18.4 Å². The summed E-state index contributed by atoms with van der Waals surface area (Å²) in [7, 11) is 0. The molecule has 0 saturated heterocycles. The maximum atomic E-state index is 8.51. The second-order valence-corrected chi connectivity index (χ2v) is 3.86. The van der Waals surface area contributed by atoms with Gasteiger partial charge in [-0.05, 0) is 36.5 Å². The lowest BCUT2D eigenvalue weighted by molar-refractivity contribution is 0.889. The van der Waals surface area contributed by atoms with E-state index in [-0.39, 0.29) is 0 Å². The lowest BCUT2D eigenvalue weighted by atomic mass is 10.1. The summed E-state index contributed by atoms with van der Waals surface area (Å²) in [6.45, 7) is 1.09. The van der Waals surface area contributed by atoms with Crippen LogP contribution in [0.3, 0.4) is 0 Å². The molecule has 1 aliphatic carbocycles. The van der Waals surface area contributed by atoms with Gasteiger partial charge in [-0.2, -0.15) is 5.26 Å². The van der Waals surface area contributed by atoms with Crippen LogP contribution >= 0.6 is 0 Å². The minimum Gasteiger partial charge on any atom is -0.385 e. The Morgan fingerprint density at radius 2 is 2.00 bits per heavy atom. The number of benzene rings is 1. The van der Waals surface area contributed by atoms with E-state index in [1.165, 1.54) is 18.5 Å². The summed E-state index contributed by atoms with van der Waals surface area (Å²) in [5, 5.41) is 11.9. The van der Waals surface area contributed by atoms with Gasteiger partial charge in [0.25, 0.3) is 0 Å². The third kappa shape index (κ3) is 2.50. The van der Waals surface area contributed by atoms with E-state index in [2.05, 4.69) is 23.5 Å². The molecule has 0 spiro atoms. The Labute approximate surface area is 84.6 Å². The van der Waals surface area contributed by atoms with Crippen LogP contribution in [0.2, 0.25) is 0 Å². The average molecular weight is 186 g/mol. The van der Waals surface area contributed by atoms with Crippen LogP contribution in [0.4, 0.5) is 5.69 Å². The highest BCUT2D eigenvalue weighted by atomic mass is 14.9. The summed E-state index contributed by atoms with van der Waals surface area (Å²) in [6, 6.07) is 10.3. The molecule has 1 saturated carbocycles. The molecule has 0 bridgehead atoms. The molecule has 0 aromatic heterocycles. The Balaban J connectivity index is 1.88. The summed E-state index contributed by atoms with van der Waals surface area (Å²) < 4.78 is 0. The van der Waals surface area contributed by atoms with Gasteiger partial charge in [0.2, 0.25) is 0 Å². The molecule has 0 amide bonds. The van der Waals surface area contributed by atoms with E-state index in [1.54, 1.807) is 0 Å². The van der Waals surface area contributed by atoms with Crippen LogP contribution in [0.5, 0.6) is 0 Å². The fourth-order valence-electron chi connectivity index (χ4n) is 1.42. The highest BCUT2D eigenvalue weighted by Crippen LogP contribution is 2.28. The van der Waals surface area contributed by atoms with Gasteiger partial charge in [-0.15, -0.1) is 0 Å². The Bertz CT molecular complexity index is 330. The fraction of sp³-hybridized carbons (Fsp3) is 0.417. The van der Waals surface area contributed by atoms with Crippen molar-refractivity contribution in [3.05, 3.63) is 29.8 Å². The molecule has 0 aliphatic heterocycles. The molecule has 1 aromatic carbocycles. The number of hydrogen-bond donors (Lipinski definition) is 1. The molecule has 2 rings (SSSR count). The quantitative estimate of drug-likeness (QED) is 0.784. The molecule has 14 heavy (non-hydrogen) atoms. The van der Waals surface area contributed by atoms with Crippen molar-refractivity contribution in [2.45, 2.75) is 19.3 Å². The summed E-state index contributed by atoms with van der Waals surface area (Å²) in [6.07, 6.45) is 3.25. The van der Waals surface area contributed by atoms with Crippen LogP contribution < -0.4 is 5.32 Å². The predicted octanol–water partition coefficient (Wildman–Crippen LogP) is 2.57. The van der Waals surface area contributed by atoms with Gasteiger partial charge < -0.3 is 5.32 Å². The molecule has 0 radical (unpaired) electrons. The molecule has 2 heteroatoms. The molecule has 0 atom stereocenters. The van der Waals surface area contributed by atoms with Crippen LogP contribution in [-0.2, 0) is 6.42 Å². The van der Waals surface area contributed by atoms with Crippen molar-refractivity contribution in [1.29, 1.82) is 5.26 Å².